The number of rotatable bonds is 5. The Bertz CT molecular complexity index is 1420. The van der Waals surface area contributed by atoms with E-state index in [0.717, 1.165) is 15.4 Å². The quantitative estimate of drug-likeness (QED) is 0.404. The Balaban J connectivity index is 1.48. The third-order valence-corrected chi connectivity index (χ3v) is 5.84. The minimum absolute atomic E-state index is 0.0110. The summed E-state index contributed by atoms with van der Waals surface area (Å²) in [6.07, 6.45) is -2.63. The molecule has 35 heavy (non-hydrogen) atoms. The van der Waals surface area contributed by atoms with E-state index in [0.29, 0.717) is 13.0 Å². The lowest BCUT2D eigenvalue weighted by atomic mass is 10.0. The number of carbonyl (C=O) groups is 1. The van der Waals surface area contributed by atoms with Crippen molar-refractivity contribution in [2.45, 2.75) is 38.5 Å². The number of nitrogens with two attached hydrogens (primary N) is 1. The van der Waals surface area contributed by atoms with Gasteiger partial charge in [-0.2, -0.15) is 4.98 Å². The van der Waals surface area contributed by atoms with Crippen LogP contribution in [-0.4, -0.2) is 77.1 Å². The fourth-order valence-electron chi connectivity index (χ4n) is 4.15. The lowest BCUT2D eigenvalue weighted by Crippen LogP contribution is -2.49. The van der Waals surface area contributed by atoms with E-state index in [1.54, 1.807) is 0 Å². The maximum Gasteiger partial charge on any atom is 0.258 e. The van der Waals surface area contributed by atoms with Crippen LogP contribution in [0.5, 0.6) is 0 Å². The zero-order chi connectivity index (χ0) is 24.9. The van der Waals surface area contributed by atoms with E-state index in [-0.39, 0.29) is 52.2 Å². The molecule has 2 unspecified atom stereocenters. The van der Waals surface area contributed by atoms with Crippen molar-refractivity contribution < 1.29 is 22.4 Å². The minimum Gasteiger partial charge on any atom is -0.382 e. The van der Waals surface area contributed by atoms with Crippen LogP contribution in [0.1, 0.15) is 13.3 Å². The minimum atomic E-state index is -2.68. The molecule has 5 rings (SSSR count). The molecular formula is C20H20F4N10O. The van der Waals surface area contributed by atoms with E-state index in [1.165, 1.54) is 24.0 Å². The summed E-state index contributed by atoms with van der Waals surface area (Å²) in [7, 11) is 0. The zero-order valence-corrected chi connectivity index (χ0v) is 18.4. The van der Waals surface area contributed by atoms with Gasteiger partial charge >= 0.3 is 0 Å². The molecule has 4 aromatic rings. The Labute approximate surface area is 194 Å². The van der Waals surface area contributed by atoms with Crippen molar-refractivity contribution in [1.29, 1.82) is 0 Å². The van der Waals surface area contributed by atoms with Crippen molar-refractivity contribution in [3.63, 3.8) is 0 Å². The predicted molar refractivity (Wildman–Crippen MR) is 117 cm³/mol. The van der Waals surface area contributed by atoms with Crippen molar-refractivity contribution in [2.24, 2.45) is 0 Å². The maximum absolute atomic E-state index is 15.0. The van der Waals surface area contributed by atoms with Gasteiger partial charge in [0.1, 0.15) is 23.7 Å². The summed E-state index contributed by atoms with van der Waals surface area (Å²) in [5.41, 5.74) is 6.63. The summed E-state index contributed by atoms with van der Waals surface area (Å²) in [5.74, 6) is -1.04. The Morgan fingerprint density at radius 3 is 2.83 bits per heavy atom. The Hall–Kier alpha value is -4.04. The van der Waals surface area contributed by atoms with E-state index in [9.17, 15) is 18.0 Å². The predicted octanol–water partition coefficient (Wildman–Crippen LogP) is 1.89. The number of carbonyl (C=O) groups excluding carboxylic acids is 1. The van der Waals surface area contributed by atoms with Crippen LogP contribution in [-0.2, 0) is 11.3 Å². The average Bonchev–Trinajstić information content (AvgIpc) is 3.34. The van der Waals surface area contributed by atoms with Crippen LogP contribution in [0.15, 0.2) is 18.3 Å². The number of pyridine rings is 1. The second kappa shape index (κ2) is 8.63. The highest BCUT2D eigenvalue weighted by molar-refractivity contribution is 5.88. The van der Waals surface area contributed by atoms with Gasteiger partial charge in [0.2, 0.25) is 11.9 Å². The number of nitrogens with one attached hydrogen (secondary N) is 1. The number of aromatic nitrogens is 7. The molecular weight excluding hydrogens is 472 g/mol. The lowest BCUT2D eigenvalue weighted by molar-refractivity contribution is -0.131. The normalized spacial score (nSPS) is 18.6. The zero-order valence-electron chi connectivity index (χ0n) is 18.4. The Morgan fingerprint density at radius 2 is 2.11 bits per heavy atom. The number of fused-ring (bicyclic) bond motifs is 2. The maximum atomic E-state index is 15.0. The number of hydrogen-bond donors (Lipinski definition) is 2. The second-order valence-electron chi connectivity index (χ2n) is 8.19. The molecule has 4 aromatic heterocycles. The summed E-state index contributed by atoms with van der Waals surface area (Å²) in [4.78, 5) is 21.3. The highest BCUT2D eigenvalue weighted by Gasteiger charge is 2.31. The van der Waals surface area contributed by atoms with Gasteiger partial charge in [-0.15, -0.1) is 10.2 Å². The van der Waals surface area contributed by atoms with Crippen LogP contribution in [0.3, 0.4) is 0 Å². The molecule has 0 aliphatic carbocycles. The van der Waals surface area contributed by atoms with E-state index in [1.807, 2.05) is 0 Å². The first-order valence-electron chi connectivity index (χ1n) is 10.7. The number of alkyl halides is 3. The highest BCUT2D eigenvalue weighted by Crippen LogP contribution is 2.32. The number of amides is 1. The van der Waals surface area contributed by atoms with Crippen molar-refractivity contribution in [3.8, 4) is 11.3 Å². The van der Waals surface area contributed by atoms with Crippen LogP contribution in [0, 0.1) is 5.82 Å². The highest BCUT2D eigenvalue weighted by atomic mass is 19.3. The van der Waals surface area contributed by atoms with Crippen LogP contribution in [0.4, 0.5) is 29.3 Å². The number of nitrogen functional groups attached to an aromatic ring is 1. The van der Waals surface area contributed by atoms with Crippen LogP contribution >= 0.6 is 0 Å². The van der Waals surface area contributed by atoms with Crippen LogP contribution < -0.4 is 11.1 Å². The third-order valence-electron chi connectivity index (χ3n) is 5.84. The molecule has 1 aliphatic rings. The molecule has 0 spiro atoms. The van der Waals surface area contributed by atoms with Crippen molar-refractivity contribution >= 4 is 34.4 Å². The molecule has 1 aliphatic heterocycles. The summed E-state index contributed by atoms with van der Waals surface area (Å²) >= 11 is 0. The second-order valence-corrected chi connectivity index (χ2v) is 8.19. The molecule has 0 saturated carbocycles. The molecule has 2 atom stereocenters. The fourth-order valence-corrected chi connectivity index (χ4v) is 4.15. The van der Waals surface area contributed by atoms with Crippen LogP contribution in [0.2, 0.25) is 0 Å². The fraction of sp³-hybridized carbons (Fsp3) is 0.400. The molecule has 5 heterocycles. The Kier molecular flexibility index (Phi) is 5.61. The van der Waals surface area contributed by atoms with Gasteiger partial charge in [0.25, 0.3) is 6.43 Å². The van der Waals surface area contributed by atoms with Crippen molar-refractivity contribution in [3.05, 3.63) is 24.1 Å². The molecule has 1 fully saturated rings. The van der Waals surface area contributed by atoms with Gasteiger partial charge in [-0.3, -0.25) is 4.79 Å². The summed E-state index contributed by atoms with van der Waals surface area (Å²) < 4.78 is 57.4. The summed E-state index contributed by atoms with van der Waals surface area (Å²) in [6, 6.07) is 2.29. The first-order chi connectivity index (χ1) is 16.7. The van der Waals surface area contributed by atoms with E-state index >= 15 is 4.39 Å². The van der Waals surface area contributed by atoms with Crippen LogP contribution in [0.25, 0.3) is 27.9 Å². The van der Waals surface area contributed by atoms with Gasteiger partial charge in [-0.1, -0.05) is 5.21 Å². The number of piperidine rings is 1. The first-order valence-corrected chi connectivity index (χ1v) is 10.7. The van der Waals surface area contributed by atoms with Gasteiger partial charge in [-0.25, -0.2) is 31.7 Å². The van der Waals surface area contributed by atoms with Gasteiger partial charge in [0.15, 0.2) is 17.3 Å². The third kappa shape index (κ3) is 4.17. The first kappa shape index (κ1) is 22.7. The van der Waals surface area contributed by atoms with E-state index in [4.69, 9.17) is 5.73 Å². The number of anilines is 2. The van der Waals surface area contributed by atoms with Gasteiger partial charge in [0.05, 0.1) is 30.0 Å². The summed E-state index contributed by atoms with van der Waals surface area (Å²) in [6.45, 7) is 0.982. The number of hydrogen-bond acceptors (Lipinski definition) is 8. The average molecular weight is 492 g/mol. The molecule has 0 aromatic carbocycles. The largest absolute Gasteiger partial charge is 0.382 e. The monoisotopic (exact) mass is 492 g/mol. The molecule has 0 bridgehead atoms. The lowest BCUT2D eigenvalue weighted by Gasteiger charge is -2.34. The van der Waals surface area contributed by atoms with Crippen molar-refractivity contribution in [1.82, 2.24) is 39.5 Å². The molecule has 15 heteroatoms. The number of halogens is 4. The molecule has 1 amide bonds. The number of likely N-dealkylation sites (tertiary alicyclic amines) is 1. The number of nitrogens with zero attached hydrogens (tertiary/aromatic N) is 8. The van der Waals surface area contributed by atoms with Gasteiger partial charge in [0, 0.05) is 13.5 Å². The summed E-state index contributed by atoms with van der Waals surface area (Å²) in [5, 5.41) is 14.5. The SMILES string of the molecule is CC(=O)N1CCC(Nc2nc(N)c3c(-c4ccc5nnn(CC(F)F)c5n4)c(F)cn3n2)C(F)C1. The Morgan fingerprint density at radius 1 is 1.31 bits per heavy atom. The van der Waals surface area contributed by atoms with E-state index in [2.05, 4.69) is 30.7 Å². The van der Waals surface area contributed by atoms with E-state index < -0.39 is 31.0 Å². The molecule has 1 saturated heterocycles. The molecule has 3 N–H and O–H groups in total. The van der Waals surface area contributed by atoms with Gasteiger partial charge in [-0.05, 0) is 18.6 Å². The molecule has 11 nitrogen and oxygen atoms in total. The van der Waals surface area contributed by atoms with Gasteiger partial charge < -0.3 is 16.0 Å². The molecule has 0 radical (unpaired) electrons. The standard InChI is InChI=1S/C20H20F4N10O/c1-9(35)32-5-4-12(10(21)6-32)27-20-28-18(25)17-16(11(22)7-33(17)30-20)13-2-3-14-19(26-13)34(31-29-14)8-15(23)24/h2-3,7,10,12,15H,4-6,8H2,1H3,(H3,25,27,28,30). The van der Waals surface area contributed by atoms with Crippen molar-refractivity contribution in [2.75, 3.05) is 24.1 Å². The topological polar surface area (TPSA) is 132 Å². The smallest absolute Gasteiger partial charge is 0.258 e. The molecule has 184 valence electrons.